The molecule has 1 aromatic carbocycles. The minimum atomic E-state index is 0.138. The molecule has 1 aliphatic rings. The van der Waals surface area contributed by atoms with Crippen molar-refractivity contribution in [3.63, 3.8) is 0 Å². The second-order valence-corrected chi connectivity index (χ2v) is 7.68. The van der Waals surface area contributed by atoms with Crippen molar-refractivity contribution in [1.82, 2.24) is 4.90 Å². The average molecular weight is 376 g/mol. The van der Waals surface area contributed by atoms with E-state index in [4.69, 9.17) is 5.41 Å². The molecule has 0 aliphatic carbocycles. The maximum absolute atomic E-state index is 12.5. The van der Waals surface area contributed by atoms with E-state index in [0.29, 0.717) is 22.8 Å². The lowest BCUT2D eigenvalue weighted by Crippen LogP contribution is -2.36. The van der Waals surface area contributed by atoms with E-state index in [1.165, 1.54) is 23.0 Å². The lowest BCUT2D eigenvalue weighted by Gasteiger charge is -2.25. The second-order valence-electron chi connectivity index (χ2n) is 6.69. The fourth-order valence-corrected chi connectivity index (χ4v) is 4.23. The van der Waals surface area contributed by atoms with Crippen LogP contribution in [0.1, 0.15) is 25.8 Å². The third kappa shape index (κ3) is 5.53. The Balaban J connectivity index is 1.87. The third-order valence-corrected chi connectivity index (χ3v) is 5.61. The summed E-state index contributed by atoms with van der Waals surface area (Å²) in [4.78, 5) is 16.8. The van der Waals surface area contributed by atoms with Crippen molar-refractivity contribution in [1.29, 1.82) is 5.41 Å². The first-order valence-corrected chi connectivity index (χ1v) is 10.2. The molecule has 2 rings (SSSR count). The largest absolute Gasteiger partial charge is 0.512 e. The number of anilines is 1. The first-order valence-electron chi connectivity index (χ1n) is 9.00. The highest BCUT2D eigenvalue weighted by Gasteiger charge is 2.20. The van der Waals surface area contributed by atoms with Crippen molar-refractivity contribution in [2.75, 3.05) is 42.6 Å². The summed E-state index contributed by atoms with van der Waals surface area (Å²) in [6.45, 7) is 8.70. The predicted octanol–water partition coefficient (Wildman–Crippen LogP) is 3.64. The second kappa shape index (κ2) is 9.67. The van der Waals surface area contributed by atoms with Gasteiger partial charge in [-0.15, -0.1) is 11.8 Å². The Bertz CT molecular complexity index is 683. The van der Waals surface area contributed by atoms with Gasteiger partial charge in [0.2, 0.25) is 5.91 Å². The van der Waals surface area contributed by atoms with Crippen molar-refractivity contribution in [2.45, 2.75) is 27.2 Å². The Kier molecular flexibility index (Phi) is 7.57. The number of allylic oxidation sites excluding steroid dienone is 1. The molecule has 2 N–H and O–H groups in total. The van der Waals surface area contributed by atoms with E-state index in [1.54, 1.807) is 13.8 Å². The maximum atomic E-state index is 12.5. The van der Waals surface area contributed by atoms with E-state index in [1.807, 2.05) is 4.90 Å². The van der Waals surface area contributed by atoms with Gasteiger partial charge in [-0.25, -0.2) is 0 Å². The van der Waals surface area contributed by atoms with Crippen molar-refractivity contribution >= 4 is 29.1 Å². The molecule has 1 aromatic rings. The molecule has 1 fully saturated rings. The summed E-state index contributed by atoms with van der Waals surface area (Å²) >= 11 is 1.46. The standard InChI is InChI=1S/C20H29N3O2S/c1-15-7-4-5-8-19(15)22-9-6-10-23(12-11-22)20(25)14-26-13-18(16(2)21)17(3)24/h4-5,7-8,21,24H,6,9-14H2,1-3H3/b18-17-,21-16?. The Morgan fingerprint density at radius 3 is 2.54 bits per heavy atom. The van der Waals surface area contributed by atoms with Crippen LogP contribution >= 0.6 is 11.8 Å². The number of hydrogen-bond donors (Lipinski definition) is 2. The van der Waals surface area contributed by atoms with Gasteiger partial charge in [0.1, 0.15) is 0 Å². The highest BCUT2D eigenvalue weighted by atomic mass is 32.2. The number of nitrogens with zero attached hydrogens (tertiary/aromatic N) is 2. The van der Waals surface area contributed by atoms with Crippen LogP contribution in [-0.4, -0.2) is 59.3 Å². The summed E-state index contributed by atoms with van der Waals surface area (Å²) in [7, 11) is 0. The van der Waals surface area contributed by atoms with Crippen LogP contribution in [0.25, 0.3) is 0 Å². The van der Waals surface area contributed by atoms with Crippen LogP contribution in [0.4, 0.5) is 5.69 Å². The van der Waals surface area contributed by atoms with Crippen LogP contribution in [0.15, 0.2) is 35.6 Å². The third-order valence-electron chi connectivity index (χ3n) is 4.67. The summed E-state index contributed by atoms with van der Waals surface area (Å²) in [6, 6.07) is 8.38. The number of aryl methyl sites for hydroxylation is 1. The molecule has 0 radical (unpaired) electrons. The van der Waals surface area contributed by atoms with E-state index in [0.717, 1.165) is 32.6 Å². The van der Waals surface area contributed by atoms with Crippen molar-refractivity contribution in [2.24, 2.45) is 0 Å². The van der Waals surface area contributed by atoms with Crippen LogP contribution in [0.2, 0.25) is 0 Å². The molecule has 1 saturated heterocycles. The minimum absolute atomic E-state index is 0.138. The van der Waals surface area contributed by atoms with Gasteiger partial charge in [0, 0.05) is 48.9 Å². The molecule has 142 valence electrons. The quantitative estimate of drug-likeness (QED) is 0.588. The number of thioether (sulfide) groups is 1. The summed E-state index contributed by atoms with van der Waals surface area (Å²) < 4.78 is 0. The number of nitrogens with one attached hydrogen (secondary N) is 1. The monoisotopic (exact) mass is 375 g/mol. The van der Waals surface area contributed by atoms with Gasteiger partial charge in [-0.2, -0.15) is 0 Å². The molecule has 6 heteroatoms. The molecular formula is C20H29N3O2S. The molecule has 26 heavy (non-hydrogen) atoms. The van der Waals surface area contributed by atoms with Gasteiger partial charge in [-0.05, 0) is 38.8 Å². The number of amides is 1. The van der Waals surface area contributed by atoms with Gasteiger partial charge in [-0.1, -0.05) is 18.2 Å². The zero-order chi connectivity index (χ0) is 19.1. The number of rotatable bonds is 6. The van der Waals surface area contributed by atoms with Gasteiger partial charge >= 0.3 is 0 Å². The van der Waals surface area contributed by atoms with Crippen molar-refractivity contribution in [3.05, 3.63) is 41.2 Å². The molecule has 0 unspecified atom stereocenters. The highest BCUT2D eigenvalue weighted by Crippen LogP contribution is 2.21. The van der Waals surface area contributed by atoms with Crippen LogP contribution < -0.4 is 4.90 Å². The summed E-state index contributed by atoms with van der Waals surface area (Å²) in [5.41, 5.74) is 3.49. The maximum Gasteiger partial charge on any atom is 0.232 e. The van der Waals surface area contributed by atoms with Gasteiger partial charge < -0.3 is 20.3 Å². The van der Waals surface area contributed by atoms with E-state index in [2.05, 4.69) is 36.1 Å². The van der Waals surface area contributed by atoms with Crippen molar-refractivity contribution < 1.29 is 9.90 Å². The Morgan fingerprint density at radius 1 is 1.15 bits per heavy atom. The van der Waals surface area contributed by atoms with Gasteiger partial charge in [-0.3, -0.25) is 4.79 Å². The van der Waals surface area contributed by atoms with Gasteiger partial charge in [0.25, 0.3) is 0 Å². The molecule has 1 aliphatic heterocycles. The summed E-state index contributed by atoms with van der Waals surface area (Å²) in [5.74, 6) is 1.18. The summed E-state index contributed by atoms with van der Waals surface area (Å²) in [6.07, 6.45) is 0.964. The topological polar surface area (TPSA) is 67.6 Å². The Morgan fingerprint density at radius 2 is 1.88 bits per heavy atom. The van der Waals surface area contributed by atoms with Crippen LogP contribution in [-0.2, 0) is 4.79 Å². The fraction of sp³-hybridized carbons (Fsp3) is 0.500. The first-order chi connectivity index (χ1) is 12.4. The highest BCUT2D eigenvalue weighted by molar-refractivity contribution is 8.00. The minimum Gasteiger partial charge on any atom is -0.512 e. The number of hydrogen-bond acceptors (Lipinski definition) is 5. The number of carbonyl (C=O) groups is 1. The number of carbonyl (C=O) groups excluding carboxylic acids is 1. The first kappa shape index (κ1) is 20.4. The number of aliphatic hydroxyl groups is 1. The van der Waals surface area contributed by atoms with Gasteiger partial charge in [0.15, 0.2) is 0 Å². The number of benzene rings is 1. The molecule has 0 atom stereocenters. The number of para-hydroxylation sites is 1. The molecule has 0 aromatic heterocycles. The van der Waals surface area contributed by atoms with Gasteiger partial charge in [0.05, 0.1) is 11.5 Å². The molecule has 5 nitrogen and oxygen atoms in total. The smallest absolute Gasteiger partial charge is 0.232 e. The normalized spacial score (nSPS) is 16.1. The molecular weight excluding hydrogens is 346 g/mol. The Hall–Kier alpha value is -1.95. The van der Waals surface area contributed by atoms with Crippen molar-refractivity contribution in [3.8, 4) is 0 Å². The molecule has 0 saturated carbocycles. The zero-order valence-electron chi connectivity index (χ0n) is 15.9. The Labute approximate surface area is 160 Å². The predicted molar refractivity (Wildman–Crippen MR) is 111 cm³/mol. The zero-order valence-corrected chi connectivity index (χ0v) is 16.7. The SMILES string of the molecule is CC(=N)/C(CSCC(=O)N1CCCN(c2ccccc2C)CC1)=C(/C)O. The lowest BCUT2D eigenvalue weighted by molar-refractivity contribution is -0.128. The average Bonchev–Trinajstić information content (AvgIpc) is 2.84. The summed E-state index contributed by atoms with van der Waals surface area (Å²) in [5, 5.41) is 17.3. The van der Waals surface area contributed by atoms with Crippen LogP contribution in [0.3, 0.4) is 0 Å². The van der Waals surface area contributed by atoms with Crippen LogP contribution in [0, 0.1) is 12.3 Å². The van der Waals surface area contributed by atoms with E-state index >= 15 is 0 Å². The molecule has 0 spiro atoms. The van der Waals surface area contributed by atoms with E-state index < -0.39 is 0 Å². The number of aliphatic hydroxyl groups excluding tert-OH is 1. The van der Waals surface area contributed by atoms with Crippen LogP contribution in [0.5, 0.6) is 0 Å². The lowest BCUT2D eigenvalue weighted by atomic mass is 10.2. The molecule has 1 amide bonds. The van der Waals surface area contributed by atoms with E-state index in [-0.39, 0.29) is 11.7 Å². The molecule has 1 heterocycles. The fourth-order valence-electron chi connectivity index (χ4n) is 3.14. The van der Waals surface area contributed by atoms with E-state index in [9.17, 15) is 9.90 Å². The molecule has 0 bridgehead atoms.